The van der Waals surface area contributed by atoms with Crippen LogP contribution in [0.2, 0.25) is 0 Å². The average Bonchev–Trinajstić information content (AvgIpc) is 2.89. The predicted molar refractivity (Wildman–Crippen MR) is 74.8 cm³/mol. The first-order valence-corrected chi connectivity index (χ1v) is 6.87. The molecule has 0 spiro atoms. The van der Waals surface area contributed by atoms with Gasteiger partial charge in [0.2, 0.25) is 0 Å². The Kier molecular flexibility index (Phi) is 4.24. The van der Waals surface area contributed by atoms with E-state index in [1.807, 2.05) is 26.0 Å². The number of rotatable bonds is 4. The van der Waals surface area contributed by atoms with Crippen molar-refractivity contribution >= 4 is 17.2 Å². The van der Waals surface area contributed by atoms with Gasteiger partial charge in [-0.2, -0.15) is 0 Å². The topological polar surface area (TPSA) is 80.9 Å². The molecule has 0 aliphatic heterocycles. The lowest BCUT2D eigenvalue weighted by molar-refractivity contribution is 0.0935. The highest BCUT2D eigenvalue weighted by atomic mass is 32.1. The summed E-state index contributed by atoms with van der Waals surface area (Å²) in [5, 5.41) is 5.40. The fraction of sp³-hybridized carbons (Fsp3) is 0.308. The molecular weight excluding hydrogens is 260 g/mol. The van der Waals surface area contributed by atoms with Crippen LogP contribution in [0.15, 0.2) is 29.9 Å². The summed E-state index contributed by atoms with van der Waals surface area (Å²) in [6.45, 7) is 3.77. The summed E-state index contributed by atoms with van der Waals surface area (Å²) >= 11 is 1.40. The molecule has 6 heteroatoms. The molecule has 100 valence electrons. The van der Waals surface area contributed by atoms with Gasteiger partial charge in [0.05, 0.1) is 12.1 Å². The van der Waals surface area contributed by atoms with Crippen molar-refractivity contribution in [3.63, 3.8) is 0 Å². The van der Waals surface area contributed by atoms with Gasteiger partial charge in [0.25, 0.3) is 5.91 Å². The molecule has 0 aliphatic carbocycles. The van der Waals surface area contributed by atoms with Crippen LogP contribution in [0.4, 0.5) is 0 Å². The average molecular weight is 276 g/mol. The van der Waals surface area contributed by atoms with E-state index >= 15 is 0 Å². The van der Waals surface area contributed by atoms with Crippen molar-refractivity contribution < 1.29 is 4.79 Å². The number of hydrogen-bond donors (Lipinski definition) is 2. The normalized spacial score (nSPS) is 13.8. The Labute approximate surface area is 115 Å². The summed E-state index contributed by atoms with van der Waals surface area (Å²) in [5.74, 6) is -0.188. The molecule has 1 amide bonds. The second-order valence-electron chi connectivity index (χ2n) is 4.34. The van der Waals surface area contributed by atoms with Crippen molar-refractivity contribution in [2.45, 2.75) is 25.9 Å². The minimum Gasteiger partial charge on any atom is -0.344 e. The summed E-state index contributed by atoms with van der Waals surface area (Å²) < 4.78 is 0. The number of amides is 1. The zero-order valence-corrected chi connectivity index (χ0v) is 11.6. The first-order valence-electron chi connectivity index (χ1n) is 5.99. The van der Waals surface area contributed by atoms with Gasteiger partial charge < -0.3 is 11.1 Å². The standard InChI is InChI=1S/C13H16N4OS/c1-8(14)13-17-11(7-19-13)12(18)16-9(2)10-3-5-15-6-4-10/h3-9H,14H2,1-2H3,(H,16,18)/t8?,9-/m0/s1. The predicted octanol–water partition coefficient (Wildman–Crippen LogP) is 2.05. The molecule has 1 unspecified atom stereocenters. The van der Waals surface area contributed by atoms with Crippen molar-refractivity contribution in [1.82, 2.24) is 15.3 Å². The highest BCUT2D eigenvalue weighted by Crippen LogP contribution is 2.17. The maximum absolute atomic E-state index is 12.0. The van der Waals surface area contributed by atoms with Gasteiger partial charge in [-0.1, -0.05) is 0 Å². The van der Waals surface area contributed by atoms with E-state index in [-0.39, 0.29) is 18.0 Å². The van der Waals surface area contributed by atoms with Crippen LogP contribution in [0.25, 0.3) is 0 Å². The van der Waals surface area contributed by atoms with Crippen molar-refractivity contribution in [3.8, 4) is 0 Å². The summed E-state index contributed by atoms with van der Waals surface area (Å²) in [7, 11) is 0. The van der Waals surface area contributed by atoms with E-state index in [0.717, 1.165) is 10.6 Å². The summed E-state index contributed by atoms with van der Waals surface area (Å²) in [6.07, 6.45) is 3.41. The maximum atomic E-state index is 12.0. The lowest BCUT2D eigenvalue weighted by Crippen LogP contribution is -2.27. The van der Waals surface area contributed by atoms with Gasteiger partial charge in [-0.15, -0.1) is 11.3 Å². The van der Waals surface area contributed by atoms with Gasteiger partial charge in [-0.05, 0) is 31.5 Å². The first-order chi connectivity index (χ1) is 9.08. The number of carbonyl (C=O) groups excluding carboxylic acids is 1. The number of aromatic nitrogens is 2. The molecule has 0 aromatic carbocycles. The molecule has 0 saturated heterocycles. The van der Waals surface area contributed by atoms with E-state index in [4.69, 9.17) is 5.73 Å². The molecule has 0 aliphatic rings. The molecule has 19 heavy (non-hydrogen) atoms. The Morgan fingerprint density at radius 3 is 2.63 bits per heavy atom. The minimum atomic E-state index is -0.188. The highest BCUT2D eigenvalue weighted by Gasteiger charge is 2.15. The zero-order chi connectivity index (χ0) is 13.8. The Morgan fingerprint density at radius 1 is 1.37 bits per heavy atom. The van der Waals surface area contributed by atoms with E-state index in [9.17, 15) is 4.79 Å². The third kappa shape index (κ3) is 3.36. The molecule has 0 radical (unpaired) electrons. The Hall–Kier alpha value is -1.79. The molecule has 0 bridgehead atoms. The quantitative estimate of drug-likeness (QED) is 0.895. The molecule has 5 nitrogen and oxygen atoms in total. The van der Waals surface area contributed by atoms with Crippen LogP contribution in [0.5, 0.6) is 0 Å². The highest BCUT2D eigenvalue weighted by molar-refractivity contribution is 7.09. The number of nitrogens with one attached hydrogen (secondary N) is 1. The Bertz CT molecular complexity index is 553. The van der Waals surface area contributed by atoms with E-state index in [2.05, 4.69) is 15.3 Å². The second kappa shape index (κ2) is 5.90. The smallest absolute Gasteiger partial charge is 0.271 e. The third-order valence-corrected chi connectivity index (χ3v) is 3.74. The largest absolute Gasteiger partial charge is 0.344 e. The summed E-state index contributed by atoms with van der Waals surface area (Å²) in [6, 6.07) is 3.51. The van der Waals surface area contributed by atoms with Gasteiger partial charge in [0.1, 0.15) is 10.7 Å². The van der Waals surface area contributed by atoms with Crippen molar-refractivity contribution in [3.05, 3.63) is 46.2 Å². The van der Waals surface area contributed by atoms with Crippen LogP contribution in [0.3, 0.4) is 0 Å². The molecule has 2 aromatic rings. The molecule has 2 rings (SSSR count). The number of nitrogens with zero attached hydrogens (tertiary/aromatic N) is 2. The number of carbonyl (C=O) groups is 1. The number of thiazole rings is 1. The monoisotopic (exact) mass is 276 g/mol. The SMILES string of the molecule is CC(N)c1nc(C(=O)N[C@@H](C)c2ccncc2)cs1. The molecular formula is C13H16N4OS. The van der Waals surface area contributed by atoms with Crippen LogP contribution in [-0.2, 0) is 0 Å². The lowest BCUT2D eigenvalue weighted by atomic mass is 10.1. The second-order valence-corrected chi connectivity index (χ2v) is 5.23. The molecule has 2 aromatic heterocycles. The van der Waals surface area contributed by atoms with Crippen molar-refractivity contribution in [2.24, 2.45) is 5.73 Å². The van der Waals surface area contributed by atoms with Crippen LogP contribution in [0, 0.1) is 0 Å². The van der Waals surface area contributed by atoms with E-state index < -0.39 is 0 Å². The first kappa shape index (κ1) is 13.6. The minimum absolute atomic E-state index is 0.0871. The van der Waals surface area contributed by atoms with E-state index in [1.54, 1.807) is 17.8 Å². The fourth-order valence-corrected chi connectivity index (χ4v) is 2.36. The van der Waals surface area contributed by atoms with Crippen LogP contribution in [-0.4, -0.2) is 15.9 Å². The summed E-state index contributed by atoms with van der Waals surface area (Å²) in [5.41, 5.74) is 7.15. The van der Waals surface area contributed by atoms with E-state index in [1.165, 1.54) is 11.3 Å². The number of hydrogen-bond acceptors (Lipinski definition) is 5. The van der Waals surface area contributed by atoms with Gasteiger partial charge in [0, 0.05) is 17.8 Å². The zero-order valence-electron chi connectivity index (χ0n) is 10.8. The van der Waals surface area contributed by atoms with Crippen LogP contribution < -0.4 is 11.1 Å². The molecule has 0 saturated carbocycles. The van der Waals surface area contributed by atoms with Crippen molar-refractivity contribution in [2.75, 3.05) is 0 Å². The maximum Gasteiger partial charge on any atom is 0.271 e. The number of pyridine rings is 1. The van der Waals surface area contributed by atoms with Crippen molar-refractivity contribution in [1.29, 1.82) is 0 Å². The lowest BCUT2D eigenvalue weighted by Gasteiger charge is -2.12. The molecule has 2 atom stereocenters. The Balaban J connectivity index is 2.04. The van der Waals surface area contributed by atoms with Gasteiger partial charge in [0.15, 0.2) is 0 Å². The van der Waals surface area contributed by atoms with Crippen LogP contribution >= 0.6 is 11.3 Å². The number of nitrogens with two attached hydrogens (primary N) is 1. The third-order valence-electron chi connectivity index (χ3n) is 2.70. The van der Waals surface area contributed by atoms with E-state index in [0.29, 0.717) is 5.69 Å². The van der Waals surface area contributed by atoms with Gasteiger partial charge in [-0.25, -0.2) is 4.98 Å². The molecule has 0 fully saturated rings. The molecule has 3 N–H and O–H groups in total. The summed E-state index contributed by atoms with van der Waals surface area (Å²) in [4.78, 5) is 20.2. The van der Waals surface area contributed by atoms with Gasteiger partial charge >= 0.3 is 0 Å². The Morgan fingerprint density at radius 2 is 2.05 bits per heavy atom. The van der Waals surface area contributed by atoms with Gasteiger partial charge in [-0.3, -0.25) is 9.78 Å². The fourth-order valence-electron chi connectivity index (χ4n) is 1.61. The molecule has 2 heterocycles. The van der Waals surface area contributed by atoms with Crippen LogP contribution in [0.1, 0.15) is 47.0 Å².